The van der Waals surface area contributed by atoms with Gasteiger partial charge in [-0.2, -0.15) is 5.10 Å². The molecule has 0 aliphatic heterocycles. The van der Waals surface area contributed by atoms with Gasteiger partial charge in [0.1, 0.15) is 11.7 Å². The number of hydrogen-bond acceptors (Lipinski definition) is 4. The maximum Gasteiger partial charge on any atom is 0.264 e. The molecule has 0 aliphatic carbocycles. The molecule has 0 spiro atoms. The molecule has 0 unspecified atom stereocenters. The topological polar surface area (TPSA) is 64.7 Å². The van der Waals surface area contributed by atoms with Crippen LogP contribution in [0.5, 0.6) is 0 Å². The number of nitrogens with zero attached hydrogens (tertiary/aromatic N) is 4. The molecule has 2 heterocycles. The average Bonchev–Trinajstić information content (AvgIpc) is 2.91. The fourth-order valence-corrected chi connectivity index (χ4v) is 2.44. The smallest absolute Gasteiger partial charge is 0.264 e. The van der Waals surface area contributed by atoms with Gasteiger partial charge in [-0.15, -0.1) is 0 Å². The summed E-state index contributed by atoms with van der Waals surface area (Å²) in [6.45, 7) is 3.41. The van der Waals surface area contributed by atoms with Gasteiger partial charge in [0.05, 0.1) is 6.20 Å². The Labute approximate surface area is 128 Å². The van der Waals surface area contributed by atoms with Crippen LogP contribution in [0.3, 0.4) is 0 Å². The summed E-state index contributed by atoms with van der Waals surface area (Å²) in [7, 11) is 1.78. The summed E-state index contributed by atoms with van der Waals surface area (Å²) in [4.78, 5) is 16.7. The monoisotopic (exact) mass is 297 g/mol. The molecule has 0 radical (unpaired) electrons. The van der Waals surface area contributed by atoms with Crippen molar-refractivity contribution in [2.75, 3.05) is 0 Å². The molecule has 0 aliphatic rings. The molecule has 0 amide bonds. The van der Waals surface area contributed by atoms with Crippen LogP contribution in [0.15, 0.2) is 47.7 Å². The molecule has 6 nitrogen and oxygen atoms in total. The standard InChI is InChI=1S/C16H19N5O/c1-12(17-8-13-6-4-3-5-7-13)10-21-11-18-15-14(16(21)22)9-19-20(15)2/h3-7,9,11-12,17H,8,10H2,1-2H3/t12-/m0/s1. The van der Waals surface area contributed by atoms with E-state index in [1.54, 1.807) is 28.8 Å². The van der Waals surface area contributed by atoms with Crippen molar-refractivity contribution in [2.45, 2.75) is 26.1 Å². The Morgan fingerprint density at radius 1 is 1.27 bits per heavy atom. The molecule has 0 saturated carbocycles. The van der Waals surface area contributed by atoms with Crippen LogP contribution in [0.2, 0.25) is 0 Å². The predicted molar refractivity (Wildman–Crippen MR) is 85.5 cm³/mol. The number of nitrogens with one attached hydrogen (secondary N) is 1. The first-order valence-electron chi connectivity index (χ1n) is 7.29. The van der Waals surface area contributed by atoms with Gasteiger partial charge in [0.25, 0.3) is 5.56 Å². The van der Waals surface area contributed by atoms with Gasteiger partial charge in [0, 0.05) is 26.2 Å². The Balaban J connectivity index is 1.70. The Kier molecular flexibility index (Phi) is 4.02. The lowest BCUT2D eigenvalue weighted by molar-refractivity contribution is 0.467. The van der Waals surface area contributed by atoms with Crippen LogP contribution in [0.25, 0.3) is 11.0 Å². The maximum absolute atomic E-state index is 12.4. The second-order valence-corrected chi connectivity index (χ2v) is 5.48. The Hall–Kier alpha value is -2.47. The molecule has 0 saturated heterocycles. The number of aryl methyl sites for hydroxylation is 1. The number of benzene rings is 1. The van der Waals surface area contributed by atoms with Crippen LogP contribution in [-0.2, 0) is 20.1 Å². The summed E-state index contributed by atoms with van der Waals surface area (Å²) in [5, 5.41) is 8.05. The highest BCUT2D eigenvalue weighted by molar-refractivity contribution is 5.72. The lowest BCUT2D eigenvalue weighted by Gasteiger charge is -2.15. The van der Waals surface area contributed by atoms with Crippen LogP contribution in [0.1, 0.15) is 12.5 Å². The average molecular weight is 297 g/mol. The summed E-state index contributed by atoms with van der Waals surface area (Å²) >= 11 is 0. The summed E-state index contributed by atoms with van der Waals surface area (Å²) in [6, 6.07) is 10.4. The SMILES string of the molecule is C[C@@H](Cn1cnc2c(cnn2C)c1=O)NCc1ccccc1. The van der Waals surface area contributed by atoms with Gasteiger partial charge in [-0.3, -0.25) is 14.0 Å². The molecule has 1 N–H and O–H groups in total. The minimum atomic E-state index is -0.0496. The molecular formula is C16H19N5O. The summed E-state index contributed by atoms with van der Waals surface area (Å²) in [5.41, 5.74) is 1.79. The van der Waals surface area contributed by atoms with E-state index in [2.05, 4.69) is 34.5 Å². The summed E-state index contributed by atoms with van der Waals surface area (Å²) in [6.07, 6.45) is 3.16. The van der Waals surface area contributed by atoms with E-state index >= 15 is 0 Å². The van der Waals surface area contributed by atoms with E-state index in [-0.39, 0.29) is 11.6 Å². The zero-order valence-corrected chi connectivity index (χ0v) is 12.7. The van der Waals surface area contributed by atoms with E-state index in [1.807, 2.05) is 18.2 Å². The van der Waals surface area contributed by atoms with Crippen LogP contribution in [0.4, 0.5) is 0 Å². The number of hydrogen-bond donors (Lipinski definition) is 1. The minimum absolute atomic E-state index is 0.0496. The normalized spacial score (nSPS) is 12.6. The quantitative estimate of drug-likeness (QED) is 0.771. The van der Waals surface area contributed by atoms with Gasteiger partial charge in [0.15, 0.2) is 5.65 Å². The van der Waals surface area contributed by atoms with Gasteiger partial charge in [0.2, 0.25) is 0 Å². The fourth-order valence-electron chi connectivity index (χ4n) is 2.44. The molecule has 3 aromatic rings. The van der Waals surface area contributed by atoms with Gasteiger partial charge in [-0.25, -0.2) is 4.98 Å². The first-order valence-corrected chi connectivity index (χ1v) is 7.29. The maximum atomic E-state index is 12.4. The van der Waals surface area contributed by atoms with Crippen LogP contribution < -0.4 is 10.9 Å². The van der Waals surface area contributed by atoms with E-state index in [0.29, 0.717) is 17.6 Å². The molecule has 22 heavy (non-hydrogen) atoms. The van der Waals surface area contributed by atoms with Crippen molar-refractivity contribution >= 4 is 11.0 Å². The minimum Gasteiger partial charge on any atom is -0.308 e. The highest BCUT2D eigenvalue weighted by Crippen LogP contribution is 2.04. The van der Waals surface area contributed by atoms with E-state index in [1.165, 1.54) is 5.56 Å². The molecule has 0 bridgehead atoms. The van der Waals surface area contributed by atoms with Crippen LogP contribution in [-0.4, -0.2) is 25.4 Å². The lowest BCUT2D eigenvalue weighted by atomic mass is 10.2. The Bertz CT molecular complexity index is 821. The first-order chi connectivity index (χ1) is 10.6. The third-order valence-electron chi connectivity index (χ3n) is 3.69. The van der Waals surface area contributed by atoms with Gasteiger partial charge < -0.3 is 5.32 Å². The second kappa shape index (κ2) is 6.11. The van der Waals surface area contributed by atoms with Crippen molar-refractivity contribution in [3.05, 3.63) is 58.8 Å². The van der Waals surface area contributed by atoms with Crippen LogP contribution in [0, 0.1) is 0 Å². The summed E-state index contributed by atoms with van der Waals surface area (Å²) in [5.74, 6) is 0. The van der Waals surface area contributed by atoms with E-state index < -0.39 is 0 Å². The molecule has 3 rings (SSSR count). The van der Waals surface area contributed by atoms with E-state index in [0.717, 1.165) is 6.54 Å². The zero-order chi connectivity index (χ0) is 15.5. The first kappa shape index (κ1) is 14.5. The van der Waals surface area contributed by atoms with E-state index in [4.69, 9.17) is 0 Å². The third-order valence-corrected chi connectivity index (χ3v) is 3.69. The Morgan fingerprint density at radius 2 is 2.05 bits per heavy atom. The van der Waals surface area contributed by atoms with Crippen molar-refractivity contribution in [1.29, 1.82) is 0 Å². The molecule has 1 atom stereocenters. The highest BCUT2D eigenvalue weighted by atomic mass is 16.1. The molecule has 1 aromatic carbocycles. The molecule has 0 fully saturated rings. The Morgan fingerprint density at radius 3 is 2.82 bits per heavy atom. The predicted octanol–water partition coefficient (Wildman–Crippen LogP) is 1.31. The van der Waals surface area contributed by atoms with Crippen LogP contribution >= 0.6 is 0 Å². The number of fused-ring (bicyclic) bond motifs is 1. The molecule has 114 valence electrons. The summed E-state index contributed by atoms with van der Waals surface area (Å²) < 4.78 is 3.24. The molecule has 6 heteroatoms. The fraction of sp³-hybridized carbons (Fsp3) is 0.312. The van der Waals surface area contributed by atoms with Crippen molar-refractivity contribution in [3.8, 4) is 0 Å². The molecule has 2 aromatic heterocycles. The molecular weight excluding hydrogens is 278 g/mol. The highest BCUT2D eigenvalue weighted by Gasteiger charge is 2.10. The lowest BCUT2D eigenvalue weighted by Crippen LogP contribution is -2.34. The number of rotatable bonds is 5. The van der Waals surface area contributed by atoms with Crippen molar-refractivity contribution < 1.29 is 0 Å². The van der Waals surface area contributed by atoms with Gasteiger partial charge in [-0.1, -0.05) is 30.3 Å². The van der Waals surface area contributed by atoms with Crippen molar-refractivity contribution in [1.82, 2.24) is 24.6 Å². The largest absolute Gasteiger partial charge is 0.308 e. The number of aromatic nitrogens is 4. The van der Waals surface area contributed by atoms with Gasteiger partial charge >= 0.3 is 0 Å². The van der Waals surface area contributed by atoms with E-state index in [9.17, 15) is 4.79 Å². The van der Waals surface area contributed by atoms with Gasteiger partial charge in [-0.05, 0) is 12.5 Å². The van der Waals surface area contributed by atoms with Crippen molar-refractivity contribution in [3.63, 3.8) is 0 Å². The third kappa shape index (κ3) is 2.92. The zero-order valence-electron chi connectivity index (χ0n) is 12.7. The second-order valence-electron chi connectivity index (χ2n) is 5.48. The van der Waals surface area contributed by atoms with Crippen molar-refractivity contribution in [2.24, 2.45) is 7.05 Å².